The standard InChI is InChI=1S/C16H8Br2SSe2/c17-13-7-5-11(20-13)15-9-3-1-2-4-10(9)16(19-15)12-6-8-14(18)21-12/h1-8H. The van der Waals surface area contributed by atoms with E-state index < -0.39 is 0 Å². The Labute approximate surface area is 155 Å². The van der Waals surface area contributed by atoms with Crippen LogP contribution in [0.25, 0.3) is 29.4 Å². The molecule has 5 heteroatoms. The average Bonchev–Trinajstić information content (AvgIpc) is 3.17. The van der Waals surface area contributed by atoms with Gasteiger partial charge in [0.15, 0.2) is 0 Å². The van der Waals surface area contributed by atoms with Crippen LogP contribution in [0, 0.1) is 0 Å². The number of benzene rings is 1. The summed E-state index contributed by atoms with van der Waals surface area (Å²) in [5.41, 5.74) is 0. The molecule has 4 aromatic rings. The quantitative estimate of drug-likeness (QED) is 0.274. The Kier molecular flexibility index (Phi) is 4.19. The molecule has 0 bridgehead atoms. The van der Waals surface area contributed by atoms with Crippen molar-refractivity contribution >= 4 is 83.0 Å². The second-order valence-electron chi connectivity index (χ2n) is 4.51. The van der Waals surface area contributed by atoms with Crippen molar-refractivity contribution in [1.82, 2.24) is 0 Å². The fourth-order valence-electron chi connectivity index (χ4n) is 2.33. The summed E-state index contributed by atoms with van der Waals surface area (Å²) in [5.74, 6) is 0. The zero-order chi connectivity index (χ0) is 14.4. The molecule has 0 N–H and O–H groups in total. The van der Waals surface area contributed by atoms with Crippen LogP contribution in [-0.2, 0) is 0 Å². The van der Waals surface area contributed by atoms with Crippen molar-refractivity contribution in [2.24, 2.45) is 0 Å². The molecule has 0 nitrogen and oxygen atoms in total. The van der Waals surface area contributed by atoms with Gasteiger partial charge < -0.3 is 0 Å². The molecule has 3 aromatic heterocycles. The normalized spacial score (nSPS) is 11.3. The number of thiophene rings is 1. The van der Waals surface area contributed by atoms with Crippen molar-refractivity contribution in [3.05, 3.63) is 55.2 Å². The first-order valence-electron chi connectivity index (χ1n) is 6.25. The summed E-state index contributed by atoms with van der Waals surface area (Å²) in [5, 5.41) is 2.81. The molecule has 0 aliphatic heterocycles. The predicted octanol–water partition coefficient (Wildman–Crippen LogP) is 5.87. The number of rotatable bonds is 2. The summed E-state index contributed by atoms with van der Waals surface area (Å²) < 4.78 is 5.63. The fraction of sp³-hybridized carbons (Fsp3) is 0. The van der Waals surface area contributed by atoms with Crippen LogP contribution in [0.1, 0.15) is 0 Å². The first-order chi connectivity index (χ1) is 10.2. The molecule has 4 rings (SSSR count). The van der Waals surface area contributed by atoms with Gasteiger partial charge >= 0.3 is 157 Å². The third-order valence-electron chi connectivity index (χ3n) is 3.21. The van der Waals surface area contributed by atoms with Gasteiger partial charge in [0.1, 0.15) is 0 Å². The van der Waals surface area contributed by atoms with Crippen LogP contribution in [-0.4, -0.2) is 29.0 Å². The number of fused-ring (bicyclic) bond motifs is 1. The second-order valence-corrected chi connectivity index (χ2v) is 14.2. The maximum atomic E-state index is 3.64. The molecule has 0 amide bonds. The third kappa shape index (κ3) is 2.74. The minimum absolute atomic E-state index is 0.416. The van der Waals surface area contributed by atoms with E-state index in [0.717, 1.165) is 0 Å². The first kappa shape index (κ1) is 14.7. The molecule has 0 saturated heterocycles. The molecule has 104 valence electrons. The van der Waals surface area contributed by atoms with Crippen LogP contribution in [0.15, 0.2) is 55.2 Å². The zero-order valence-electron chi connectivity index (χ0n) is 10.6. The van der Waals surface area contributed by atoms with Gasteiger partial charge in [-0.15, -0.1) is 0 Å². The monoisotopic (exact) mass is 550 g/mol. The van der Waals surface area contributed by atoms with E-state index in [1.54, 1.807) is 0 Å². The third-order valence-corrected chi connectivity index (χ3v) is 11.0. The van der Waals surface area contributed by atoms with Crippen LogP contribution in [0.5, 0.6) is 0 Å². The van der Waals surface area contributed by atoms with E-state index in [9.17, 15) is 0 Å². The van der Waals surface area contributed by atoms with Crippen molar-refractivity contribution in [2.75, 3.05) is 0 Å². The Morgan fingerprint density at radius 2 is 1.14 bits per heavy atom. The van der Waals surface area contributed by atoms with Crippen molar-refractivity contribution in [3.8, 4) is 18.6 Å². The van der Waals surface area contributed by atoms with Gasteiger partial charge in [-0.05, 0) is 0 Å². The Balaban J connectivity index is 2.01. The van der Waals surface area contributed by atoms with Crippen molar-refractivity contribution < 1.29 is 0 Å². The Bertz CT molecular complexity index is 858. The van der Waals surface area contributed by atoms with Gasteiger partial charge in [-0.2, -0.15) is 0 Å². The van der Waals surface area contributed by atoms with Crippen LogP contribution in [0.3, 0.4) is 0 Å². The molecule has 0 fully saturated rings. The molecule has 0 spiro atoms. The topological polar surface area (TPSA) is 0 Å². The van der Waals surface area contributed by atoms with E-state index in [1.165, 1.54) is 36.1 Å². The summed E-state index contributed by atoms with van der Waals surface area (Å²) >= 11 is 10.1. The minimum atomic E-state index is 0.416. The predicted molar refractivity (Wildman–Crippen MR) is 102 cm³/mol. The van der Waals surface area contributed by atoms with Gasteiger partial charge in [0.25, 0.3) is 0 Å². The van der Waals surface area contributed by atoms with Gasteiger partial charge in [0.05, 0.1) is 0 Å². The maximum absolute atomic E-state index is 3.64. The second kappa shape index (κ2) is 5.97. The molecule has 0 radical (unpaired) electrons. The summed E-state index contributed by atoms with van der Waals surface area (Å²) in [6.07, 6.45) is 0. The molecular weight excluding hydrogens is 542 g/mol. The van der Waals surface area contributed by atoms with Crippen molar-refractivity contribution in [2.45, 2.75) is 0 Å². The molecule has 0 unspecified atom stereocenters. The summed E-state index contributed by atoms with van der Waals surface area (Å²) in [7, 11) is 0. The number of halogens is 2. The van der Waals surface area contributed by atoms with E-state index in [1.807, 2.05) is 11.3 Å². The van der Waals surface area contributed by atoms with Gasteiger partial charge in [0, 0.05) is 0 Å². The van der Waals surface area contributed by atoms with E-state index >= 15 is 0 Å². The Morgan fingerprint density at radius 3 is 1.52 bits per heavy atom. The molecule has 0 atom stereocenters. The fourth-order valence-corrected chi connectivity index (χ4v) is 9.36. The van der Waals surface area contributed by atoms with Crippen molar-refractivity contribution in [1.29, 1.82) is 0 Å². The summed E-state index contributed by atoms with van der Waals surface area (Å²) in [6.45, 7) is 0. The van der Waals surface area contributed by atoms with E-state index in [2.05, 4.69) is 80.4 Å². The molecule has 1 aromatic carbocycles. The molecule has 3 heterocycles. The van der Waals surface area contributed by atoms with Crippen LogP contribution in [0.4, 0.5) is 0 Å². The zero-order valence-corrected chi connectivity index (χ0v) is 18.0. The van der Waals surface area contributed by atoms with E-state index in [-0.39, 0.29) is 0 Å². The van der Waals surface area contributed by atoms with Crippen molar-refractivity contribution in [3.63, 3.8) is 0 Å². The van der Waals surface area contributed by atoms with Gasteiger partial charge in [0.2, 0.25) is 0 Å². The molecule has 21 heavy (non-hydrogen) atoms. The average molecular weight is 550 g/mol. The first-order valence-corrected chi connectivity index (χ1v) is 12.1. The molecule has 0 saturated carbocycles. The van der Waals surface area contributed by atoms with Crippen LogP contribution >= 0.6 is 43.2 Å². The van der Waals surface area contributed by atoms with Gasteiger partial charge in [-0.1, -0.05) is 0 Å². The van der Waals surface area contributed by atoms with E-state index in [4.69, 9.17) is 0 Å². The van der Waals surface area contributed by atoms with Crippen LogP contribution < -0.4 is 0 Å². The number of hydrogen-bond acceptors (Lipinski definition) is 1. The Morgan fingerprint density at radius 1 is 0.667 bits per heavy atom. The SMILES string of the molecule is Brc1ccc(-c2sc(-c3ccc(Br)[se]3)c3ccccc23)[se]1. The molecule has 0 aliphatic carbocycles. The summed E-state index contributed by atoms with van der Waals surface area (Å²) in [4.78, 5) is 2.90. The van der Waals surface area contributed by atoms with Gasteiger partial charge in [-0.3, -0.25) is 0 Å². The molecule has 0 aliphatic rings. The number of hydrogen-bond donors (Lipinski definition) is 0. The summed E-state index contributed by atoms with van der Waals surface area (Å²) in [6, 6.07) is 17.8. The van der Waals surface area contributed by atoms with Gasteiger partial charge in [-0.25, -0.2) is 0 Å². The van der Waals surface area contributed by atoms with E-state index in [0.29, 0.717) is 29.0 Å². The van der Waals surface area contributed by atoms with Crippen LogP contribution in [0.2, 0.25) is 0 Å². The Hall–Kier alpha value is 0.139. The molecular formula is C16H8Br2SSe2.